The Morgan fingerprint density at radius 1 is 1.10 bits per heavy atom. The van der Waals surface area contributed by atoms with Crippen molar-refractivity contribution >= 4 is 15.9 Å². The zero-order valence-electron chi connectivity index (χ0n) is 13.0. The number of carbonyl (C=O) groups is 1. The highest BCUT2D eigenvalue weighted by Gasteiger charge is 2.15. The molecule has 118 valence electrons. The van der Waals surface area contributed by atoms with Crippen LogP contribution in [0.4, 0.5) is 0 Å². The second-order valence-corrected chi connectivity index (χ2v) is 7.51. The van der Waals surface area contributed by atoms with E-state index in [4.69, 9.17) is 0 Å². The van der Waals surface area contributed by atoms with Crippen LogP contribution in [0, 0.1) is 5.92 Å². The van der Waals surface area contributed by atoms with E-state index < -0.39 is 10.0 Å². The van der Waals surface area contributed by atoms with Gasteiger partial charge in [0.25, 0.3) is 0 Å². The van der Waals surface area contributed by atoms with Crippen molar-refractivity contribution in [2.45, 2.75) is 38.5 Å². The van der Waals surface area contributed by atoms with Gasteiger partial charge in [-0.25, -0.2) is 13.1 Å². The number of benzene rings is 1. The molecule has 2 N–H and O–H groups in total. The standard InChI is InChI=1S/C15H24N2O3S/c1-11(2)9-16-15(18)10-17-21(19,20)14-7-5-13(6-8-14)12(3)4/h5-8,11-12,17H,9-10H2,1-4H3,(H,16,18). The minimum atomic E-state index is -3.65. The Balaban J connectivity index is 2.63. The van der Waals surface area contributed by atoms with Crippen LogP contribution < -0.4 is 10.0 Å². The van der Waals surface area contributed by atoms with Crippen LogP contribution in [-0.2, 0) is 14.8 Å². The van der Waals surface area contributed by atoms with E-state index in [2.05, 4.69) is 10.0 Å². The number of rotatable bonds is 7. The van der Waals surface area contributed by atoms with Crippen LogP contribution in [0.25, 0.3) is 0 Å². The number of hydrogen-bond acceptors (Lipinski definition) is 3. The first-order valence-corrected chi connectivity index (χ1v) is 8.57. The lowest BCUT2D eigenvalue weighted by molar-refractivity contribution is -0.120. The molecular weight excluding hydrogens is 288 g/mol. The molecule has 5 nitrogen and oxygen atoms in total. The normalized spacial score (nSPS) is 11.9. The van der Waals surface area contributed by atoms with Crippen LogP contribution in [0.3, 0.4) is 0 Å². The van der Waals surface area contributed by atoms with E-state index in [-0.39, 0.29) is 17.3 Å². The molecule has 0 saturated carbocycles. The highest BCUT2D eigenvalue weighted by molar-refractivity contribution is 7.89. The Kier molecular flexibility index (Phi) is 6.36. The first-order valence-electron chi connectivity index (χ1n) is 7.08. The number of amides is 1. The molecule has 0 spiro atoms. The molecule has 0 aliphatic heterocycles. The van der Waals surface area contributed by atoms with E-state index >= 15 is 0 Å². The SMILES string of the molecule is CC(C)CNC(=O)CNS(=O)(=O)c1ccc(C(C)C)cc1. The molecule has 1 aromatic rings. The van der Waals surface area contributed by atoms with Gasteiger partial charge >= 0.3 is 0 Å². The Hall–Kier alpha value is -1.40. The summed E-state index contributed by atoms with van der Waals surface area (Å²) in [5.74, 6) is 0.344. The lowest BCUT2D eigenvalue weighted by atomic mass is 10.0. The zero-order chi connectivity index (χ0) is 16.0. The zero-order valence-corrected chi connectivity index (χ0v) is 13.8. The van der Waals surface area contributed by atoms with Crippen LogP contribution in [0.15, 0.2) is 29.2 Å². The molecule has 0 fully saturated rings. The minimum Gasteiger partial charge on any atom is -0.355 e. The molecule has 21 heavy (non-hydrogen) atoms. The Bertz CT molecular complexity index is 563. The predicted octanol–water partition coefficient (Wildman–Crippen LogP) is 1.86. The van der Waals surface area contributed by atoms with Crippen molar-refractivity contribution in [3.05, 3.63) is 29.8 Å². The molecular formula is C15H24N2O3S. The van der Waals surface area contributed by atoms with Gasteiger partial charge in [-0.15, -0.1) is 0 Å². The molecule has 0 radical (unpaired) electrons. The third-order valence-electron chi connectivity index (χ3n) is 2.99. The van der Waals surface area contributed by atoms with Gasteiger partial charge in [0.1, 0.15) is 0 Å². The van der Waals surface area contributed by atoms with Crippen molar-refractivity contribution < 1.29 is 13.2 Å². The van der Waals surface area contributed by atoms with E-state index in [0.717, 1.165) is 5.56 Å². The van der Waals surface area contributed by atoms with Gasteiger partial charge in [-0.1, -0.05) is 39.8 Å². The molecule has 1 aromatic carbocycles. The van der Waals surface area contributed by atoms with Crippen LogP contribution in [0.2, 0.25) is 0 Å². The fourth-order valence-electron chi connectivity index (χ4n) is 1.66. The average Bonchev–Trinajstić information content (AvgIpc) is 2.43. The maximum atomic E-state index is 12.1. The van der Waals surface area contributed by atoms with Crippen LogP contribution in [0.1, 0.15) is 39.2 Å². The third-order valence-corrected chi connectivity index (χ3v) is 4.40. The van der Waals surface area contributed by atoms with Gasteiger partial charge in [0.05, 0.1) is 11.4 Å². The van der Waals surface area contributed by atoms with E-state index in [1.165, 1.54) is 0 Å². The lowest BCUT2D eigenvalue weighted by Gasteiger charge is -2.10. The Morgan fingerprint density at radius 3 is 2.14 bits per heavy atom. The van der Waals surface area contributed by atoms with Crippen molar-refractivity contribution in [2.24, 2.45) is 5.92 Å². The molecule has 0 aromatic heterocycles. The number of sulfonamides is 1. The van der Waals surface area contributed by atoms with Gasteiger partial charge in [0.15, 0.2) is 0 Å². The molecule has 1 amide bonds. The van der Waals surface area contributed by atoms with Crippen molar-refractivity contribution in [3.8, 4) is 0 Å². The highest BCUT2D eigenvalue weighted by Crippen LogP contribution is 2.17. The predicted molar refractivity (Wildman–Crippen MR) is 83.6 cm³/mol. The molecule has 0 unspecified atom stereocenters. The largest absolute Gasteiger partial charge is 0.355 e. The van der Waals surface area contributed by atoms with E-state index in [1.54, 1.807) is 24.3 Å². The van der Waals surface area contributed by atoms with Gasteiger partial charge in [0.2, 0.25) is 15.9 Å². The molecule has 6 heteroatoms. The number of carbonyl (C=O) groups excluding carboxylic acids is 1. The molecule has 0 bridgehead atoms. The molecule has 1 rings (SSSR count). The summed E-state index contributed by atoms with van der Waals surface area (Å²) in [6.45, 7) is 8.31. The second-order valence-electron chi connectivity index (χ2n) is 5.75. The summed E-state index contributed by atoms with van der Waals surface area (Å²) in [6.07, 6.45) is 0. The summed E-state index contributed by atoms with van der Waals surface area (Å²) in [7, 11) is -3.65. The van der Waals surface area contributed by atoms with Crippen LogP contribution in [0.5, 0.6) is 0 Å². The first-order chi connectivity index (χ1) is 9.72. The summed E-state index contributed by atoms with van der Waals surface area (Å²) < 4.78 is 26.4. The van der Waals surface area contributed by atoms with Crippen LogP contribution >= 0.6 is 0 Å². The van der Waals surface area contributed by atoms with Crippen molar-refractivity contribution in [3.63, 3.8) is 0 Å². The van der Waals surface area contributed by atoms with Gasteiger partial charge in [-0.05, 0) is 29.5 Å². The monoisotopic (exact) mass is 312 g/mol. The van der Waals surface area contributed by atoms with E-state index in [9.17, 15) is 13.2 Å². The summed E-state index contributed by atoms with van der Waals surface area (Å²) in [5, 5.41) is 2.66. The molecule has 0 atom stereocenters. The van der Waals surface area contributed by atoms with E-state index in [0.29, 0.717) is 18.4 Å². The summed E-state index contributed by atoms with van der Waals surface area (Å²) in [5.41, 5.74) is 1.07. The smallest absolute Gasteiger partial charge is 0.241 e. The molecule has 0 aliphatic carbocycles. The third kappa shape index (κ3) is 5.85. The maximum absolute atomic E-state index is 12.1. The van der Waals surface area contributed by atoms with Crippen molar-refractivity contribution in [2.75, 3.05) is 13.1 Å². The van der Waals surface area contributed by atoms with E-state index in [1.807, 2.05) is 27.7 Å². The molecule has 0 saturated heterocycles. The first kappa shape index (κ1) is 17.7. The average molecular weight is 312 g/mol. The van der Waals surface area contributed by atoms with Gasteiger partial charge in [-0.3, -0.25) is 4.79 Å². The van der Waals surface area contributed by atoms with Gasteiger partial charge in [-0.2, -0.15) is 0 Å². The fourth-order valence-corrected chi connectivity index (χ4v) is 2.64. The summed E-state index contributed by atoms with van der Waals surface area (Å²) in [6, 6.07) is 6.70. The van der Waals surface area contributed by atoms with Crippen molar-refractivity contribution in [1.29, 1.82) is 0 Å². The second kappa shape index (κ2) is 7.56. The molecule has 0 heterocycles. The summed E-state index contributed by atoms with van der Waals surface area (Å²) in [4.78, 5) is 11.7. The Labute approximate surface area is 127 Å². The Morgan fingerprint density at radius 2 is 1.67 bits per heavy atom. The van der Waals surface area contributed by atoms with Crippen molar-refractivity contribution in [1.82, 2.24) is 10.0 Å². The van der Waals surface area contributed by atoms with Gasteiger partial charge < -0.3 is 5.32 Å². The molecule has 0 aliphatic rings. The number of hydrogen-bond donors (Lipinski definition) is 2. The topological polar surface area (TPSA) is 75.3 Å². The fraction of sp³-hybridized carbons (Fsp3) is 0.533. The summed E-state index contributed by atoms with van der Waals surface area (Å²) >= 11 is 0. The number of nitrogens with one attached hydrogen (secondary N) is 2. The quantitative estimate of drug-likeness (QED) is 0.807. The maximum Gasteiger partial charge on any atom is 0.241 e. The van der Waals surface area contributed by atoms with Crippen LogP contribution in [-0.4, -0.2) is 27.4 Å². The lowest BCUT2D eigenvalue weighted by Crippen LogP contribution is -2.38. The highest BCUT2D eigenvalue weighted by atomic mass is 32.2. The van der Waals surface area contributed by atoms with Gasteiger partial charge in [0, 0.05) is 6.54 Å². The minimum absolute atomic E-state index is 0.170.